The Kier molecular flexibility index (Phi) is 3.69. The van der Waals surface area contributed by atoms with Crippen LogP contribution in [0.4, 0.5) is 0 Å². The van der Waals surface area contributed by atoms with Gasteiger partial charge in [0, 0.05) is 30.6 Å². The molecule has 1 fully saturated rings. The first kappa shape index (κ1) is 13.7. The average molecular weight is 282 g/mol. The average Bonchev–Trinajstić information content (AvgIpc) is 2.93. The molecule has 1 aromatic carbocycles. The summed E-state index contributed by atoms with van der Waals surface area (Å²) in [4.78, 5) is 30.3. The Morgan fingerprint density at radius 1 is 1.29 bits per heavy atom. The van der Waals surface area contributed by atoms with E-state index in [-0.39, 0.29) is 17.7 Å². The van der Waals surface area contributed by atoms with E-state index in [0.717, 1.165) is 23.6 Å². The molecule has 1 atom stereocenters. The van der Waals surface area contributed by atoms with Gasteiger partial charge >= 0.3 is 0 Å². The molecule has 2 heterocycles. The Balaban J connectivity index is 1.95. The maximum Gasteiger partial charge on any atom is 0.273 e. The molecule has 108 valence electrons. The van der Waals surface area contributed by atoms with Crippen LogP contribution in [0.2, 0.25) is 0 Å². The molecule has 0 saturated carbocycles. The lowest BCUT2D eigenvalue weighted by Gasteiger charge is -2.24. The molecule has 1 saturated heterocycles. The highest BCUT2D eigenvalue weighted by Crippen LogP contribution is 2.25. The highest BCUT2D eigenvalue weighted by molar-refractivity contribution is 6.05. The fourth-order valence-electron chi connectivity index (χ4n) is 3.07. The summed E-state index contributed by atoms with van der Waals surface area (Å²) in [7, 11) is 0. The van der Waals surface area contributed by atoms with Crippen LogP contribution in [0, 0.1) is 0 Å². The largest absolute Gasteiger partial charge is 0.334 e. The van der Waals surface area contributed by atoms with E-state index < -0.39 is 0 Å². The zero-order valence-electron chi connectivity index (χ0n) is 12.1. The SMILES string of the molecule is CC(=O)CC1CCCN1C(=O)c1nccc2ccccc12. The van der Waals surface area contributed by atoms with Crippen LogP contribution in [0.3, 0.4) is 0 Å². The van der Waals surface area contributed by atoms with Gasteiger partial charge in [0.1, 0.15) is 11.5 Å². The van der Waals surface area contributed by atoms with Gasteiger partial charge in [-0.2, -0.15) is 0 Å². The molecular formula is C17H18N2O2. The van der Waals surface area contributed by atoms with Gasteiger partial charge in [-0.05, 0) is 31.2 Å². The first-order chi connectivity index (χ1) is 10.2. The highest BCUT2D eigenvalue weighted by Gasteiger charge is 2.31. The number of fused-ring (bicyclic) bond motifs is 1. The van der Waals surface area contributed by atoms with Crippen molar-refractivity contribution in [3.8, 4) is 0 Å². The molecule has 0 bridgehead atoms. The third-order valence-electron chi connectivity index (χ3n) is 4.04. The Morgan fingerprint density at radius 2 is 2.10 bits per heavy atom. The van der Waals surface area contributed by atoms with Crippen molar-refractivity contribution >= 4 is 22.5 Å². The minimum absolute atomic E-state index is 0.0239. The Morgan fingerprint density at radius 3 is 2.90 bits per heavy atom. The summed E-state index contributed by atoms with van der Waals surface area (Å²) in [5, 5.41) is 1.89. The van der Waals surface area contributed by atoms with Crippen LogP contribution in [0.1, 0.15) is 36.7 Å². The zero-order chi connectivity index (χ0) is 14.8. The van der Waals surface area contributed by atoms with Gasteiger partial charge < -0.3 is 4.90 Å². The fourth-order valence-corrected chi connectivity index (χ4v) is 3.07. The molecule has 1 unspecified atom stereocenters. The van der Waals surface area contributed by atoms with Gasteiger partial charge in [0.05, 0.1) is 0 Å². The lowest BCUT2D eigenvalue weighted by Crippen LogP contribution is -2.37. The summed E-state index contributed by atoms with van der Waals surface area (Å²) in [5.41, 5.74) is 0.489. The van der Waals surface area contributed by atoms with E-state index in [0.29, 0.717) is 18.7 Å². The van der Waals surface area contributed by atoms with E-state index in [9.17, 15) is 9.59 Å². The van der Waals surface area contributed by atoms with Crippen molar-refractivity contribution in [1.29, 1.82) is 0 Å². The van der Waals surface area contributed by atoms with Crippen molar-refractivity contribution in [2.45, 2.75) is 32.2 Å². The standard InChI is InChI=1S/C17H18N2O2/c1-12(20)11-14-6-4-10-19(14)17(21)16-15-7-3-2-5-13(15)8-9-18-16/h2-3,5,7-9,14H,4,6,10-11H2,1H3. The summed E-state index contributed by atoms with van der Waals surface area (Å²) in [6, 6.07) is 9.69. The third kappa shape index (κ3) is 2.66. The van der Waals surface area contributed by atoms with E-state index in [1.54, 1.807) is 13.1 Å². The van der Waals surface area contributed by atoms with E-state index in [1.807, 2.05) is 35.2 Å². The second-order valence-corrected chi connectivity index (χ2v) is 5.58. The van der Waals surface area contributed by atoms with Crippen LogP contribution >= 0.6 is 0 Å². The number of ketones is 1. The monoisotopic (exact) mass is 282 g/mol. The molecule has 4 nitrogen and oxygen atoms in total. The van der Waals surface area contributed by atoms with E-state index in [1.165, 1.54) is 0 Å². The molecule has 0 spiro atoms. The normalized spacial score (nSPS) is 18.1. The number of rotatable bonds is 3. The molecule has 0 radical (unpaired) electrons. The van der Waals surface area contributed by atoms with E-state index in [2.05, 4.69) is 4.98 Å². The number of hydrogen-bond donors (Lipinski definition) is 0. The van der Waals surface area contributed by atoms with Crippen LogP contribution in [-0.4, -0.2) is 34.2 Å². The van der Waals surface area contributed by atoms with Crippen molar-refractivity contribution in [3.05, 3.63) is 42.2 Å². The number of hydrogen-bond acceptors (Lipinski definition) is 3. The lowest BCUT2D eigenvalue weighted by molar-refractivity contribution is -0.117. The summed E-state index contributed by atoms with van der Waals surface area (Å²) in [6.07, 6.45) is 3.96. The summed E-state index contributed by atoms with van der Waals surface area (Å²) in [6.45, 7) is 2.29. The Labute approximate surface area is 123 Å². The molecule has 4 heteroatoms. The summed E-state index contributed by atoms with van der Waals surface area (Å²) in [5.74, 6) is 0.0705. The maximum absolute atomic E-state index is 12.8. The predicted molar refractivity (Wildman–Crippen MR) is 81.1 cm³/mol. The molecular weight excluding hydrogens is 264 g/mol. The van der Waals surface area contributed by atoms with Gasteiger partial charge in [0.25, 0.3) is 5.91 Å². The Hall–Kier alpha value is -2.23. The number of Topliss-reactive ketones (excluding diaryl/α,β-unsaturated/α-hetero) is 1. The quantitative estimate of drug-likeness (QED) is 0.869. The molecule has 3 rings (SSSR count). The van der Waals surface area contributed by atoms with E-state index in [4.69, 9.17) is 0 Å². The molecule has 1 aromatic heterocycles. The number of carbonyl (C=O) groups excluding carboxylic acids is 2. The van der Waals surface area contributed by atoms with Crippen molar-refractivity contribution in [1.82, 2.24) is 9.88 Å². The minimum Gasteiger partial charge on any atom is -0.334 e. The second kappa shape index (κ2) is 5.64. The number of nitrogens with zero attached hydrogens (tertiary/aromatic N) is 2. The van der Waals surface area contributed by atoms with Crippen LogP contribution in [0.25, 0.3) is 10.8 Å². The van der Waals surface area contributed by atoms with Crippen LogP contribution < -0.4 is 0 Å². The number of carbonyl (C=O) groups is 2. The molecule has 21 heavy (non-hydrogen) atoms. The first-order valence-corrected chi connectivity index (χ1v) is 7.31. The van der Waals surface area contributed by atoms with Crippen molar-refractivity contribution in [2.24, 2.45) is 0 Å². The molecule has 1 aliphatic rings. The van der Waals surface area contributed by atoms with Crippen molar-refractivity contribution < 1.29 is 9.59 Å². The minimum atomic E-state index is -0.0597. The van der Waals surface area contributed by atoms with Gasteiger partial charge in [-0.15, -0.1) is 0 Å². The van der Waals surface area contributed by atoms with Crippen molar-refractivity contribution in [3.63, 3.8) is 0 Å². The predicted octanol–water partition coefficient (Wildman–Crippen LogP) is 2.82. The van der Waals surface area contributed by atoms with Crippen LogP contribution in [0.15, 0.2) is 36.5 Å². The molecule has 1 aliphatic heterocycles. The number of pyridine rings is 1. The second-order valence-electron chi connectivity index (χ2n) is 5.58. The zero-order valence-corrected chi connectivity index (χ0v) is 12.1. The number of benzene rings is 1. The molecule has 0 aliphatic carbocycles. The molecule has 1 amide bonds. The number of aromatic nitrogens is 1. The van der Waals surface area contributed by atoms with Crippen LogP contribution in [-0.2, 0) is 4.79 Å². The Bertz CT molecular complexity index is 691. The number of amides is 1. The fraction of sp³-hybridized carbons (Fsp3) is 0.353. The third-order valence-corrected chi connectivity index (χ3v) is 4.04. The topological polar surface area (TPSA) is 50.3 Å². The molecule has 2 aromatic rings. The number of likely N-dealkylation sites (tertiary alicyclic amines) is 1. The lowest BCUT2D eigenvalue weighted by atomic mass is 10.1. The first-order valence-electron chi connectivity index (χ1n) is 7.31. The van der Waals surface area contributed by atoms with Crippen molar-refractivity contribution in [2.75, 3.05) is 6.54 Å². The highest BCUT2D eigenvalue weighted by atomic mass is 16.2. The van der Waals surface area contributed by atoms with Gasteiger partial charge in [-0.1, -0.05) is 24.3 Å². The summed E-state index contributed by atoms with van der Waals surface area (Å²) < 4.78 is 0. The van der Waals surface area contributed by atoms with Gasteiger partial charge in [-0.3, -0.25) is 14.6 Å². The van der Waals surface area contributed by atoms with Gasteiger partial charge in [0.15, 0.2) is 0 Å². The summed E-state index contributed by atoms with van der Waals surface area (Å²) >= 11 is 0. The van der Waals surface area contributed by atoms with E-state index >= 15 is 0 Å². The smallest absolute Gasteiger partial charge is 0.273 e. The van der Waals surface area contributed by atoms with Gasteiger partial charge in [0.2, 0.25) is 0 Å². The van der Waals surface area contributed by atoms with Crippen LogP contribution in [0.5, 0.6) is 0 Å². The van der Waals surface area contributed by atoms with Gasteiger partial charge in [-0.25, -0.2) is 0 Å². The molecule has 0 N–H and O–H groups in total. The maximum atomic E-state index is 12.8.